The Morgan fingerprint density at radius 3 is 2.21 bits per heavy atom. The Morgan fingerprint density at radius 1 is 1.05 bits per heavy atom. The number of halogens is 3. The van der Waals surface area contributed by atoms with Crippen molar-refractivity contribution in [2.45, 2.75) is 44.7 Å². The Hall–Kier alpha value is -1.27. The predicted octanol–water partition coefficient (Wildman–Crippen LogP) is 1.75. The van der Waals surface area contributed by atoms with Crippen molar-refractivity contribution in [3.05, 3.63) is 0 Å². The maximum atomic E-state index is 11.8. The summed E-state index contributed by atoms with van der Waals surface area (Å²) in [6.07, 6.45) is 0.436. The van der Waals surface area contributed by atoms with E-state index >= 15 is 0 Å². The first-order valence-corrected chi connectivity index (χ1v) is 6.51. The van der Waals surface area contributed by atoms with Gasteiger partial charge in [-0.15, -0.1) is 0 Å². The van der Waals surface area contributed by atoms with E-state index in [9.17, 15) is 22.8 Å². The molecule has 0 radical (unpaired) electrons. The lowest BCUT2D eigenvalue weighted by molar-refractivity contribution is -0.173. The molecule has 2 N–H and O–H groups in total. The van der Waals surface area contributed by atoms with Gasteiger partial charge in [-0.05, 0) is 25.2 Å². The summed E-state index contributed by atoms with van der Waals surface area (Å²) in [5.74, 6) is -1.55. The summed E-state index contributed by atoms with van der Waals surface area (Å²) in [4.78, 5) is 21.9. The molecule has 1 aliphatic carbocycles. The molecule has 1 saturated carbocycles. The van der Waals surface area contributed by atoms with Gasteiger partial charge in [0.1, 0.15) is 0 Å². The lowest BCUT2D eigenvalue weighted by Crippen LogP contribution is -2.38. The number of rotatable bonds is 6. The Kier molecular flexibility index (Phi) is 6.11. The average Bonchev–Trinajstić information content (AvgIpc) is 2.79. The standard InChI is InChI=1S/C12H19F3N2O2/c13-12(14,15)11(19)17-7-3-6-16-10(18)8-9-4-1-2-5-9/h9H,1-8H2,(H,16,18)(H,17,19). The average molecular weight is 280 g/mol. The number of amides is 2. The smallest absolute Gasteiger partial charge is 0.356 e. The van der Waals surface area contributed by atoms with Crippen LogP contribution < -0.4 is 10.6 Å². The quantitative estimate of drug-likeness (QED) is 0.728. The van der Waals surface area contributed by atoms with Gasteiger partial charge in [0.25, 0.3) is 0 Å². The van der Waals surface area contributed by atoms with Gasteiger partial charge < -0.3 is 10.6 Å². The molecule has 0 heterocycles. The van der Waals surface area contributed by atoms with Crippen LogP contribution in [0.25, 0.3) is 0 Å². The summed E-state index contributed by atoms with van der Waals surface area (Å²) in [5, 5.41) is 4.40. The van der Waals surface area contributed by atoms with E-state index in [1.165, 1.54) is 12.8 Å². The highest BCUT2D eigenvalue weighted by molar-refractivity contribution is 5.81. The number of hydrogen-bond donors (Lipinski definition) is 2. The first-order valence-electron chi connectivity index (χ1n) is 6.51. The van der Waals surface area contributed by atoms with E-state index in [-0.39, 0.29) is 25.4 Å². The first-order chi connectivity index (χ1) is 8.89. The molecule has 0 aliphatic heterocycles. The molecule has 1 rings (SSSR count). The Bertz CT molecular complexity index is 313. The molecule has 0 aromatic rings. The van der Waals surface area contributed by atoms with Crippen LogP contribution in [0.2, 0.25) is 0 Å². The molecule has 0 atom stereocenters. The molecule has 0 aromatic heterocycles. The van der Waals surface area contributed by atoms with Crippen LogP contribution in [0.5, 0.6) is 0 Å². The van der Waals surface area contributed by atoms with Crippen molar-refractivity contribution in [3.63, 3.8) is 0 Å². The molecule has 0 unspecified atom stereocenters. The van der Waals surface area contributed by atoms with Crippen molar-refractivity contribution in [2.75, 3.05) is 13.1 Å². The zero-order valence-electron chi connectivity index (χ0n) is 10.7. The highest BCUT2D eigenvalue weighted by Gasteiger charge is 2.38. The van der Waals surface area contributed by atoms with E-state index in [4.69, 9.17) is 0 Å². The highest BCUT2D eigenvalue weighted by Crippen LogP contribution is 2.27. The van der Waals surface area contributed by atoms with Crippen LogP contribution >= 0.6 is 0 Å². The lowest BCUT2D eigenvalue weighted by Gasteiger charge is -2.10. The number of carbonyl (C=O) groups is 2. The number of alkyl halides is 3. The molecule has 0 aromatic carbocycles. The maximum absolute atomic E-state index is 11.8. The maximum Gasteiger partial charge on any atom is 0.471 e. The molecule has 19 heavy (non-hydrogen) atoms. The van der Waals surface area contributed by atoms with Crippen LogP contribution in [-0.2, 0) is 9.59 Å². The molecule has 1 fully saturated rings. The molecule has 110 valence electrons. The third kappa shape index (κ3) is 6.45. The van der Waals surface area contributed by atoms with Gasteiger partial charge in [0, 0.05) is 19.5 Å². The van der Waals surface area contributed by atoms with Gasteiger partial charge >= 0.3 is 12.1 Å². The van der Waals surface area contributed by atoms with Crippen molar-refractivity contribution < 1.29 is 22.8 Å². The van der Waals surface area contributed by atoms with Crippen molar-refractivity contribution in [1.29, 1.82) is 0 Å². The fourth-order valence-electron chi connectivity index (χ4n) is 2.17. The Balaban J connectivity index is 2.01. The first kappa shape index (κ1) is 15.8. The topological polar surface area (TPSA) is 58.2 Å². The van der Waals surface area contributed by atoms with Gasteiger partial charge in [0.05, 0.1) is 0 Å². The lowest BCUT2D eigenvalue weighted by atomic mass is 10.0. The van der Waals surface area contributed by atoms with Crippen molar-refractivity contribution in [2.24, 2.45) is 5.92 Å². The zero-order chi connectivity index (χ0) is 14.3. The Morgan fingerprint density at radius 2 is 1.63 bits per heavy atom. The van der Waals surface area contributed by atoms with Gasteiger partial charge in [0.15, 0.2) is 0 Å². The second-order valence-electron chi connectivity index (χ2n) is 4.81. The SMILES string of the molecule is O=C(CC1CCCC1)NCCCNC(=O)C(F)(F)F. The van der Waals surface area contributed by atoms with Gasteiger partial charge in [-0.25, -0.2) is 0 Å². The number of nitrogens with one attached hydrogen (secondary N) is 2. The van der Waals surface area contributed by atoms with Crippen molar-refractivity contribution in [1.82, 2.24) is 10.6 Å². The van der Waals surface area contributed by atoms with Gasteiger partial charge in [-0.3, -0.25) is 9.59 Å². The summed E-state index contributed by atoms with van der Waals surface area (Å²) >= 11 is 0. The third-order valence-electron chi connectivity index (χ3n) is 3.17. The van der Waals surface area contributed by atoms with E-state index < -0.39 is 12.1 Å². The fourth-order valence-corrected chi connectivity index (χ4v) is 2.17. The van der Waals surface area contributed by atoms with E-state index in [1.807, 2.05) is 0 Å². The third-order valence-corrected chi connectivity index (χ3v) is 3.17. The van der Waals surface area contributed by atoms with Crippen molar-refractivity contribution in [3.8, 4) is 0 Å². The highest BCUT2D eigenvalue weighted by atomic mass is 19.4. The molecule has 4 nitrogen and oxygen atoms in total. The second-order valence-corrected chi connectivity index (χ2v) is 4.81. The van der Waals surface area contributed by atoms with Crippen molar-refractivity contribution >= 4 is 11.8 Å². The molecule has 2 amide bonds. The minimum absolute atomic E-state index is 0.0611. The van der Waals surface area contributed by atoms with E-state index in [0.717, 1.165) is 12.8 Å². The van der Waals surface area contributed by atoms with Gasteiger partial charge in [-0.2, -0.15) is 13.2 Å². The summed E-state index contributed by atoms with van der Waals surface area (Å²) < 4.78 is 35.5. The molecule has 1 aliphatic rings. The normalized spacial score (nSPS) is 16.4. The van der Waals surface area contributed by atoms with E-state index in [2.05, 4.69) is 5.32 Å². The number of carbonyl (C=O) groups excluding carboxylic acids is 2. The molecular formula is C12H19F3N2O2. The van der Waals surface area contributed by atoms with Crippen LogP contribution in [0.15, 0.2) is 0 Å². The van der Waals surface area contributed by atoms with Crippen LogP contribution in [0.3, 0.4) is 0 Å². The summed E-state index contributed by atoms with van der Waals surface area (Å²) in [6, 6.07) is 0. The minimum Gasteiger partial charge on any atom is -0.356 e. The predicted molar refractivity (Wildman–Crippen MR) is 63.3 cm³/mol. The van der Waals surface area contributed by atoms with Crippen LogP contribution in [0.4, 0.5) is 13.2 Å². The summed E-state index contributed by atoms with van der Waals surface area (Å²) in [5.41, 5.74) is 0. The van der Waals surface area contributed by atoms with Gasteiger partial charge in [-0.1, -0.05) is 12.8 Å². The largest absolute Gasteiger partial charge is 0.471 e. The van der Waals surface area contributed by atoms with E-state index in [1.54, 1.807) is 5.32 Å². The summed E-state index contributed by atoms with van der Waals surface area (Å²) in [7, 11) is 0. The Labute approximate surface area is 110 Å². The van der Waals surface area contributed by atoms with E-state index in [0.29, 0.717) is 12.3 Å². The monoisotopic (exact) mass is 280 g/mol. The molecule has 0 spiro atoms. The molecule has 0 bridgehead atoms. The second kappa shape index (κ2) is 7.35. The molecular weight excluding hydrogens is 261 g/mol. The van der Waals surface area contributed by atoms with Crippen LogP contribution in [-0.4, -0.2) is 31.1 Å². The van der Waals surface area contributed by atoms with Crippen LogP contribution in [0.1, 0.15) is 38.5 Å². The fraction of sp³-hybridized carbons (Fsp3) is 0.833. The zero-order valence-corrected chi connectivity index (χ0v) is 10.7. The minimum atomic E-state index is -4.84. The van der Waals surface area contributed by atoms with Crippen LogP contribution in [0, 0.1) is 5.92 Å². The van der Waals surface area contributed by atoms with Gasteiger partial charge in [0.2, 0.25) is 5.91 Å². The summed E-state index contributed by atoms with van der Waals surface area (Å²) in [6.45, 7) is 0.186. The number of hydrogen-bond acceptors (Lipinski definition) is 2. The molecule has 7 heteroatoms. The molecule has 0 saturated heterocycles.